The molecule has 5 nitrogen and oxygen atoms in total. The maximum Gasteiger partial charge on any atom is 0.303 e. The van der Waals surface area contributed by atoms with E-state index in [0.717, 1.165) is 64.2 Å². The number of carboxylic acid groups (broad SMARTS) is 1. The number of aliphatic carboxylic acids is 1. The van der Waals surface area contributed by atoms with Gasteiger partial charge in [0.05, 0.1) is 0 Å². The fourth-order valence-electron chi connectivity index (χ4n) is 2.58. The van der Waals surface area contributed by atoms with Crippen molar-refractivity contribution in [2.24, 2.45) is 0 Å². The minimum absolute atomic E-state index is 0.124. The van der Waals surface area contributed by atoms with E-state index in [4.69, 9.17) is 5.11 Å². The van der Waals surface area contributed by atoms with Crippen molar-refractivity contribution < 1.29 is 14.8 Å². The molecule has 5 heteroatoms. The molecule has 0 spiro atoms. The first-order valence-electron chi connectivity index (χ1n) is 9.08. The summed E-state index contributed by atoms with van der Waals surface area (Å²) in [5.74, 6) is -0.712. The Labute approximate surface area is 140 Å². The van der Waals surface area contributed by atoms with Gasteiger partial charge in [0.25, 0.3) is 0 Å². The van der Waals surface area contributed by atoms with Gasteiger partial charge in [0.15, 0.2) is 0 Å². The van der Waals surface area contributed by atoms with Crippen molar-refractivity contribution in [1.82, 2.24) is 0 Å². The van der Waals surface area contributed by atoms with Gasteiger partial charge in [-0.05, 0) is 32.1 Å². The average Bonchev–Trinajstić information content (AvgIpc) is 2.50. The number of carbonyl (C=O) groups is 1. The Morgan fingerprint density at radius 1 is 1.00 bits per heavy atom. The second-order valence-corrected chi connectivity index (χ2v) is 6.18. The lowest BCUT2D eigenvalue weighted by atomic mass is 10.0. The van der Waals surface area contributed by atoms with Gasteiger partial charge < -0.3 is 5.11 Å². The highest BCUT2D eigenvalue weighted by atomic mass is 16.6. The van der Waals surface area contributed by atoms with Gasteiger partial charge in [0, 0.05) is 24.2 Å². The first-order valence-corrected chi connectivity index (χ1v) is 9.08. The molecule has 1 unspecified atom stereocenters. The predicted molar refractivity (Wildman–Crippen MR) is 93.3 cm³/mol. The topological polar surface area (TPSA) is 80.4 Å². The average molecular weight is 327 g/mol. The Bertz CT molecular complexity index is 342. The van der Waals surface area contributed by atoms with E-state index in [-0.39, 0.29) is 17.4 Å². The number of rotatable bonds is 16. The number of hydrogen-bond acceptors (Lipinski definition) is 3. The number of hydrogen-bond donors (Lipinski definition) is 1. The zero-order valence-corrected chi connectivity index (χ0v) is 14.5. The minimum Gasteiger partial charge on any atom is -0.481 e. The van der Waals surface area contributed by atoms with Gasteiger partial charge >= 0.3 is 5.97 Å². The van der Waals surface area contributed by atoms with E-state index in [2.05, 4.69) is 19.1 Å². The van der Waals surface area contributed by atoms with Crippen LogP contribution in [0.2, 0.25) is 0 Å². The molecular weight excluding hydrogens is 294 g/mol. The van der Waals surface area contributed by atoms with Crippen LogP contribution in [0.4, 0.5) is 0 Å². The highest BCUT2D eigenvalue weighted by Crippen LogP contribution is 2.12. The van der Waals surface area contributed by atoms with Crippen molar-refractivity contribution in [3.8, 4) is 0 Å². The summed E-state index contributed by atoms with van der Waals surface area (Å²) in [5, 5.41) is 19.5. The Morgan fingerprint density at radius 2 is 1.65 bits per heavy atom. The first-order chi connectivity index (χ1) is 11.1. The smallest absolute Gasteiger partial charge is 0.303 e. The van der Waals surface area contributed by atoms with Crippen LogP contribution in [0.15, 0.2) is 12.2 Å². The quantitative estimate of drug-likeness (QED) is 0.179. The largest absolute Gasteiger partial charge is 0.481 e. The molecule has 0 aromatic heterocycles. The highest BCUT2D eigenvalue weighted by Gasteiger charge is 2.17. The Balaban J connectivity index is 3.53. The van der Waals surface area contributed by atoms with Crippen LogP contribution in [0.25, 0.3) is 0 Å². The monoisotopic (exact) mass is 327 g/mol. The summed E-state index contributed by atoms with van der Waals surface area (Å²) in [4.78, 5) is 21.2. The standard InChI is InChI=1S/C18H33NO4/c1-2-3-11-14-17(19(22)23)15-12-9-7-5-4-6-8-10-13-16-18(20)21/h7,9,17H,2-6,8,10-16H2,1H3,(H,20,21)/b9-7-. The third kappa shape index (κ3) is 15.3. The molecule has 0 rings (SSSR count). The van der Waals surface area contributed by atoms with Crippen LogP contribution in [-0.2, 0) is 4.79 Å². The molecule has 0 aliphatic heterocycles. The van der Waals surface area contributed by atoms with Crippen LogP contribution >= 0.6 is 0 Å². The van der Waals surface area contributed by atoms with Crippen molar-refractivity contribution in [2.75, 3.05) is 0 Å². The fraction of sp³-hybridized carbons (Fsp3) is 0.833. The van der Waals surface area contributed by atoms with Crippen molar-refractivity contribution in [3.63, 3.8) is 0 Å². The van der Waals surface area contributed by atoms with E-state index in [9.17, 15) is 14.9 Å². The molecule has 0 bridgehead atoms. The molecule has 1 N–H and O–H groups in total. The van der Waals surface area contributed by atoms with Gasteiger partial charge in [0.1, 0.15) is 0 Å². The molecule has 23 heavy (non-hydrogen) atoms. The third-order valence-electron chi connectivity index (χ3n) is 4.03. The Hall–Kier alpha value is -1.39. The van der Waals surface area contributed by atoms with E-state index < -0.39 is 5.97 Å². The second-order valence-electron chi connectivity index (χ2n) is 6.18. The Kier molecular flexibility index (Phi) is 14.6. The second kappa shape index (κ2) is 15.5. The predicted octanol–water partition coefficient (Wildman–Crippen LogP) is 5.36. The molecule has 0 saturated heterocycles. The molecule has 134 valence electrons. The fourth-order valence-corrected chi connectivity index (χ4v) is 2.58. The zero-order valence-electron chi connectivity index (χ0n) is 14.5. The summed E-state index contributed by atoms with van der Waals surface area (Å²) >= 11 is 0. The van der Waals surface area contributed by atoms with Gasteiger partial charge in [-0.2, -0.15) is 0 Å². The summed E-state index contributed by atoms with van der Waals surface area (Å²) in [5.41, 5.74) is 0. The molecule has 1 atom stereocenters. The van der Waals surface area contributed by atoms with E-state index >= 15 is 0 Å². The van der Waals surface area contributed by atoms with Gasteiger partial charge in [-0.25, -0.2) is 0 Å². The van der Waals surface area contributed by atoms with Crippen LogP contribution in [-0.4, -0.2) is 22.0 Å². The van der Waals surface area contributed by atoms with Gasteiger partial charge in [-0.3, -0.25) is 14.9 Å². The molecule has 0 heterocycles. The van der Waals surface area contributed by atoms with E-state index in [1.54, 1.807) is 0 Å². The SMILES string of the molecule is CCCCCC(CC/C=C\CCCCCCCC(=O)O)[N+](=O)[O-]. The highest BCUT2D eigenvalue weighted by molar-refractivity contribution is 5.66. The van der Waals surface area contributed by atoms with E-state index in [1.165, 1.54) is 0 Å². The van der Waals surface area contributed by atoms with Crippen LogP contribution in [0.1, 0.15) is 90.4 Å². The number of nitrogens with zero attached hydrogens (tertiary/aromatic N) is 1. The summed E-state index contributed by atoms with van der Waals surface area (Å²) < 4.78 is 0. The molecule has 0 amide bonds. The molecule has 0 aromatic rings. The minimum atomic E-state index is -0.712. The lowest BCUT2D eigenvalue weighted by Gasteiger charge is -2.07. The van der Waals surface area contributed by atoms with Crippen LogP contribution < -0.4 is 0 Å². The maximum atomic E-state index is 11.0. The van der Waals surface area contributed by atoms with Gasteiger partial charge in [-0.1, -0.05) is 51.2 Å². The van der Waals surface area contributed by atoms with Crippen molar-refractivity contribution in [1.29, 1.82) is 0 Å². The zero-order chi connectivity index (χ0) is 17.3. The lowest BCUT2D eigenvalue weighted by molar-refractivity contribution is -0.524. The molecule has 0 aliphatic carbocycles. The molecule has 0 radical (unpaired) electrons. The molecule has 0 saturated carbocycles. The maximum absolute atomic E-state index is 11.0. The summed E-state index contributed by atoms with van der Waals surface area (Å²) in [6.45, 7) is 2.11. The number of allylic oxidation sites excluding steroid dienone is 2. The summed E-state index contributed by atoms with van der Waals surface area (Å²) in [6, 6.07) is -0.388. The van der Waals surface area contributed by atoms with Gasteiger partial charge in [-0.15, -0.1) is 0 Å². The molecule has 0 aromatic carbocycles. The normalized spacial score (nSPS) is 12.6. The van der Waals surface area contributed by atoms with E-state index in [1.807, 2.05) is 0 Å². The van der Waals surface area contributed by atoms with Crippen LogP contribution in [0.3, 0.4) is 0 Å². The van der Waals surface area contributed by atoms with E-state index in [0.29, 0.717) is 12.8 Å². The molecule has 0 fully saturated rings. The summed E-state index contributed by atoms with van der Waals surface area (Å²) in [6.07, 6.45) is 15.8. The molecule has 0 aliphatic rings. The third-order valence-corrected chi connectivity index (χ3v) is 4.03. The van der Waals surface area contributed by atoms with Gasteiger partial charge in [0.2, 0.25) is 6.04 Å². The van der Waals surface area contributed by atoms with Crippen LogP contribution in [0.5, 0.6) is 0 Å². The first kappa shape index (κ1) is 21.6. The number of unbranched alkanes of at least 4 members (excludes halogenated alkanes) is 7. The van der Waals surface area contributed by atoms with Crippen LogP contribution in [0, 0.1) is 10.1 Å². The lowest BCUT2D eigenvalue weighted by Crippen LogP contribution is -2.18. The van der Waals surface area contributed by atoms with Crippen molar-refractivity contribution >= 4 is 5.97 Å². The van der Waals surface area contributed by atoms with Crippen molar-refractivity contribution in [2.45, 2.75) is 96.4 Å². The number of carboxylic acids is 1. The number of nitro groups is 1. The van der Waals surface area contributed by atoms with Crippen molar-refractivity contribution in [3.05, 3.63) is 22.3 Å². The Morgan fingerprint density at radius 3 is 2.30 bits per heavy atom. The molecular formula is C18H33NO4. The summed E-state index contributed by atoms with van der Waals surface area (Å²) in [7, 11) is 0.